The third-order valence-corrected chi connectivity index (χ3v) is 4.69. The summed E-state index contributed by atoms with van der Waals surface area (Å²) in [6.07, 6.45) is 2.49. The summed E-state index contributed by atoms with van der Waals surface area (Å²) in [5.74, 6) is 2.04. The van der Waals surface area contributed by atoms with Crippen LogP contribution in [-0.2, 0) is 9.53 Å². The lowest BCUT2D eigenvalue weighted by molar-refractivity contribution is -0.129. The van der Waals surface area contributed by atoms with Crippen LogP contribution < -0.4 is 14.8 Å². The molecule has 3 rings (SSSR count). The number of ether oxygens (including phenoxy) is 3. The molecule has 2 aliphatic rings. The smallest absolute Gasteiger partial charge is 0.223 e. The normalized spacial score (nSPS) is 19.6. The van der Waals surface area contributed by atoms with Crippen molar-refractivity contribution in [3.05, 3.63) is 23.8 Å². The van der Waals surface area contributed by atoms with E-state index in [1.807, 2.05) is 18.2 Å². The number of fused-ring (bicyclic) bond motifs is 1. The Morgan fingerprint density at radius 3 is 2.50 bits per heavy atom. The van der Waals surface area contributed by atoms with Crippen molar-refractivity contribution < 1.29 is 19.0 Å². The van der Waals surface area contributed by atoms with Gasteiger partial charge in [0.1, 0.15) is 0 Å². The number of nitrogens with one attached hydrogen (secondary N) is 1. The molecule has 132 valence electrons. The number of benzene rings is 1. The first-order valence-electron chi connectivity index (χ1n) is 8.93. The maximum Gasteiger partial charge on any atom is 0.223 e. The minimum Gasteiger partial charge on any atom is -0.490 e. The van der Waals surface area contributed by atoms with E-state index in [4.69, 9.17) is 14.2 Å². The summed E-state index contributed by atoms with van der Waals surface area (Å²) in [6.45, 7) is 6.94. The van der Waals surface area contributed by atoms with E-state index < -0.39 is 0 Å². The molecule has 0 unspecified atom stereocenters. The first kappa shape index (κ1) is 17.1. The van der Waals surface area contributed by atoms with Crippen LogP contribution in [0.5, 0.6) is 11.5 Å². The fourth-order valence-corrected chi connectivity index (χ4v) is 3.24. The first-order valence-corrected chi connectivity index (χ1v) is 8.93. The zero-order valence-corrected chi connectivity index (χ0v) is 14.5. The van der Waals surface area contributed by atoms with Gasteiger partial charge in [-0.3, -0.25) is 4.79 Å². The molecule has 1 saturated heterocycles. The first-order chi connectivity index (χ1) is 11.6. The summed E-state index contributed by atoms with van der Waals surface area (Å²) in [5, 5.41) is 3.23. The van der Waals surface area contributed by atoms with E-state index in [0.717, 1.165) is 36.3 Å². The van der Waals surface area contributed by atoms with Crippen LogP contribution in [0, 0.1) is 11.8 Å². The number of hydrogen-bond acceptors (Lipinski definition) is 4. The minimum atomic E-state index is -0.0301. The molecular formula is C19H27NO4. The fourth-order valence-electron chi connectivity index (χ4n) is 3.24. The molecule has 0 aromatic heterocycles. The fraction of sp³-hybridized carbons (Fsp3) is 0.632. The van der Waals surface area contributed by atoms with Crippen molar-refractivity contribution in [3.63, 3.8) is 0 Å². The van der Waals surface area contributed by atoms with E-state index in [9.17, 15) is 4.79 Å². The number of carbonyl (C=O) groups excluding carboxylic acids is 1. The van der Waals surface area contributed by atoms with Crippen molar-refractivity contribution in [1.29, 1.82) is 0 Å². The Morgan fingerprint density at radius 1 is 1.08 bits per heavy atom. The van der Waals surface area contributed by atoms with Gasteiger partial charge in [-0.25, -0.2) is 0 Å². The van der Waals surface area contributed by atoms with Gasteiger partial charge in [-0.05, 0) is 36.5 Å². The van der Waals surface area contributed by atoms with Crippen LogP contribution in [0.3, 0.4) is 0 Å². The molecule has 0 aliphatic carbocycles. The van der Waals surface area contributed by atoms with Crippen LogP contribution in [0.25, 0.3) is 0 Å². The molecule has 1 atom stereocenters. The van der Waals surface area contributed by atoms with E-state index >= 15 is 0 Å². The van der Waals surface area contributed by atoms with Crippen molar-refractivity contribution in [2.45, 2.75) is 39.2 Å². The highest BCUT2D eigenvalue weighted by molar-refractivity contribution is 5.79. The molecule has 1 amide bonds. The summed E-state index contributed by atoms with van der Waals surface area (Å²) < 4.78 is 16.8. The summed E-state index contributed by atoms with van der Waals surface area (Å²) in [4.78, 5) is 12.6. The summed E-state index contributed by atoms with van der Waals surface area (Å²) in [7, 11) is 0. The van der Waals surface area contributed by atoms with Gasteiger partial charge in [0.25, 0.3) is 0 Å². The van der Waals surface area contributed by atoms with Gasteiger partial charge in [0.15, 0.2) is 11.5 Å². The van der Waals surface area contributed by atoms with Gasteiger partial charge in [-0.1, -0.05) is 19.9 Å². The number of rotatable bonds is 4. The largest absolute Gasteiger partial charge is 0.490 e. The standard InChI is InChI=1S/C19H27NO4/c1-13(2)18(20-19(21)14-6-10-22-11-7-14)15-4-5-16-17(12-15)24-9-3-8-23-16/h4-5,12-14,18H,3,6-11H2,1-2H3,(H,20,21)/t18-/m1/s1. The zero-order chi connectivity index (χ0) is 16.9. The number of hydrogen-bond donors (Lipinski definition) is 1. The Kier molecular flexibility index (Phi) is 5.61. The third-order valence-electron chi connectivity index (χ3n) is 4.69. The lowest BCUT2D eigenvalue weighted by Crippen LogP contribution is -2.38. The number of amides is 1. The molecule has 5 nitrogen and oxygen atoms in total. The van der Waals surface area contributed by atoms with Crippen molar-refractivity contribution in [3.8, 4) is 11.5 Å². The molecule has 1 aromatic carbocycles. The Hall–Kier alpha value is -1.75. The van der Waals surface area contributed by atoms with Gasteiger partial charge in [-0.15, -0.1) is 0 Å². The molecule has 0 radical (unpaired) electrons. The second-order valence-electron chi connectivity index (χ2n) is 6.87. The average Bonchev–Trinajstić information content (AvgIpc) is 2.84. The van der Waals surface area contributed by atoms with Crippen LogP contribution in [0.15, 0.2) is 18.2 Å². The number of carbonyl (C=O) groups is 1. The second-order valence-corrected chi connectivity index (χ2v) is 6.87. The summed E-state index contributed by atoms with van der Waals surface area (Å²) in [5.41, 5.74) is 1.06. The zero-order valence-electron chi connectivity index (χ0n) is 14.5. The minimum absolute atomic E-state index is 0.0301. The maximum atomic E-state index is 12.6. The molecule has 5 heteroatoms. The molecular weight excluding hydrogens is 306 g/mol. The van der Waals surface area contributed by atoms with Crippen LogP contribution in [0.1, 0.15) is 44.7 Å². The molecule has 0 spiro atoms. The lowest BCUT2D eigenvalue weighted by Gasteiger charge is -2.28. The van der Waals surface area contributed by atoms with E-state index in [1.54, 1.807) is 0 Å². The Morgan fingerprint density at radius 2 is 1.79 bits per heavy atom. The van der Waals surface area contributed by atoms with Crippen molar-refractivity contribution in [2.24, 2.45) is 11.8 Å². The molecule has 2 heterocycles. The predicted octanol–water partition coefficient (Wildman–Crippen LogP) is 3.09. The van der Waals surface area contributed by atoms with E-state index in [0.29, 0.717) is 32.3 Å². The van der Waals surface area contributed by atoms with Gasteiger partial charge < -0.3 is 19.5 Å². The van der Waals surface area contributed by atoms with Gasteiger partial charge in [0.05, 0.1) is 19.3 Å². The van der Waals surface area contributed by atoms with E-state index in [1.165, 1.54) is 0 Å². The highest BCUT2D eigenvalue weighted by Crippen LogP contribution is 2.34. The van der Waals surface area contributed by atoms with Crippen LogP contribution in [-0.4, -0.2) is 32.3 Å². The Bertz CT molecular complexity index is 566. The van der Waals surface area contributed by atoms with Gasteiger partial charge in [0, 0.05) is 25.6 Å². The topological polar surface area (TPSA) is 56.8 Å². The molecule has 1 N–H and O–H groups in total. The van der Waals surface area contributed by atoms with Gasteiger partial charge in [0.2, 0.25) is 5.91 Å². The molecule has 2 aliphatic heterocycles. The molecule has 1 aromatic rings. The highest BCUT2D eigenvalue weighted by Gasteiger charge is 2.26. The monoisotopic (exact) mass is 333 g/mol. The third kappa shape index (κ3) is 4.01. The predicted molar refractivity (Wildman–Crippen MR) is 91.3 cm³/mol. The van der Waals surface area contributed by atoms with Crippen LogP contribution in [0.2, 0.25) is 0 Å². The van der Waals surface area contributed by atoms with Crippen molar-refractivity contribution >= 4 is 5.91 Å². The van der Waals surface area contributed by atoms with Gasteiger partial charge in [-0.2, -0.15) is 0 Å². The lowest BCUT2D eigenvalue weighted by atomic mass is 9.93. The van der Waals surface area contributed by atoms with Gasteiger partial charge >= 0.3 is 0 Å². The molecule has 0 bridgehead atoms. The second kappa shape index (κ2) is 7.88. The molecule has 24 heavy (non-hydrogen) atoms. The molecule has 0 saturated carbocycles. The molecule has 1 fully saturated rings. The quantitative estimate of drug-likeness (QED) is 0.920. The average molecular weight is 333 g/mol. The van der Waals surface area contributed by atoms with E-state index in [2.05, 4.69) is 19.2 Å². The Labute approximate surface area is 143 Å². The highest BCUT2D eigenvalue weighted by atomic mass is 16.5. The van der Waals surface area contributed by atoms with E-state index in [-0.39, 0.29) is 17.9 Å². The van der Waals surface area contributed by atoms with Crippen molar-refractivity contribution in [2.75, 3.05) is 26.4 Å². The Balaban J connectivity index is 1.75. The van der Waals surface area contributed by atoms with Crippen LogP contribution in [0.4, 0.5) is 0 Å². The SMILES string of the molecule is CC(C)[C@@H](NC(=O)C1CCOCC1)c1ccc2c(c1)OCCCO2. The van der Waals surface area contributed by atoms with Crippen LogP contribution >= 0.6 is 0 Å². The summed E-state index contributed by atoms with van der Waals surface area (Å²) >= 11 is 0. The maximum absolute atomic E-state index is 12.6. The van der Waals surface area contributed by atoms with Crippen molar-refractivity contribution in [1.82, 2.24) is 5.32 Å². The summed E-state index contributed by atoms with van der Waals surface area (Å²) in [6, 6.07) is 5.96.